The Bertz CT molecular complexity index is 1000. The third kappa shape index (κ3) is 3.55. The molecule has 0 aliphatic heterocycles. The average molecular weight is 370 g/mol. The van der Waals surface area contributed by atoms with Crippen molar-refractivity contribution in [3.05, 3.63) is 59.5 Å². The van der Waals surface area contributed by atoms with Crippen molar-refractivity contribution in [3.8, 4) is 11.8 Å². The van der Waals surface area contributed by atoms with Crippen LogP contribution in [0.5, 0.6) is 0 Å². The molecule has 3 aromatic rings. The van der Waals surface area contributed by atoms with E-state index in [0.717, 1.165) is 0 Å². The quantitative estimate of drug-likeness (QED) is 0.746. The number of nitrogens with one attached hydrogen (secondary N) is 1. The highest BCUT2D eigenvalue weighted by atomic mass is 19.3. The molecule has 0 aliphatic rings. The van der Waals surface area contributed by atoms with Gasteiger partial charge in [0.2, 0.25) is 5.91 Å². The van der Waals surface area contributed by atoms with Crippen molar-refractivity contribution < 1.29 is 13.6 Å². The number of para-hydroxylation sites is 1. The number of anilines is 1. The van der Waals surface area contributed by atoms with Gasteiger partial charge in [0.05, 0.1) is 11.9 Å². The van der Waals surface area contributed by atoms with E-state index >= 15 is 0 Å². The fourth-order valence-electron chi connectivity index (χ4n) is 2.66. The number of nitrogens with zero attached hydrogens (tertiary/aromatic N) is 5. The standard InChI is InChI=1S/C18H16F2N6O/c1-11-8-15(16(19)20)24-25(11)12(2)18(27)23-17-13(9-21)10-22-26(17)14-6-4-3-5-7-14/h3-8,10,12,16H,1-2H3,(H,23,27). The Labute approximate surface area is 153 Å². The number of carbonyl (C=O) groups excluding carboxylic acids is 1. The Balaban J connectivity index is 1.90. The monoisotopic (exact) mass is 370 g/mol. The van der Waals surface area contributed by atoms with Gasteiger partial charge in [-0.3, -0.25) is 9.48 Å². The van der Waals surface area contributed by atoms with E-state index in [0.29, 0.717) is 11.4 Å². The zero-order valence-corrected chi connectivity index (χ0v) is 14.6. The number of nitriles is 1. The molecule has 0 spiro atoms. The second-order valence-corrected chi connectivity index (χ2v) is 5.89. The number of rotatable bonds is 5. The summed E-state index contributed by atoms with van der Waals surface area (Å²) in [4.78, 5) is 12.7. The molecule has 1 unspecified atom stereocenters. The molecule has 0 fully saturated rings. The van der Waals surface area contributed by atoms with E-state index < -0.39 is 18.4 Å². The van der Waals surface area contributed by atoms with Crippen molar-refractivity contribution in [2.75, 3.05) is 5.32 Å². The molecule has 7 nitrogen and oxygen atoms in total. The van der Waals surface area contributed by atoms with E-state index in [1.54, 1.807) is 38.1 Å². The van der Waals surface area contributed by atoms with E-state index in [-0.39, 0.29) is 17.1 Å². The average Bonchev–Trinajstić information content (AvgIpc) is 3.25. The van der Waals surface area contributed by atoms with Gasteiger partial charge in [0.15, 0.2) is 5.82 Å². The third-order valence-electron chi connectivity index (χ3n) is 4.04. The molecule has 2 heterocycles. The highest BCUT2D eigenvalue weighted by molar-refractivity contribution is 5.94. The zero-order chi connectivity index (χ0) is 19.6. The molecule has 1 aromatic carbocycles. The van der Waals surface area contributed by atoms with Crippen LogP contribution in [0.15, 0.2) is 42.6 Å². The first-order valence-corrected chi connectivity index (χ1v) is 8.11. The van der Waals surface area contributed by atoms with E-state index in [1.165, 1.54) is 21.6 Å². The van der Waals surface area contributed by atoms with Crippen LogP contribution in [0.3, 0.4) is 0 Å². The molecule has 1 N–H and O–H groups in total. The number of carbonyl (C=O) groups is 1. The number of alkyl halides is 2. The van der Waals surface area contributed by atoms with Crippen molar-refractivity contribution in [1.29, 1.82) is 5.26 Å². The van der Waals surface area contributed by atoms with Gasteiger partial charge in [-0.2, -0.15) is 15.5 Å². The topological polar surface area (TPSA) is 88.5 Å². The number of hydrogen-bond acceptors (Lipinski definition) is 4. The first kappa shape index (κ1) is 18.3. The minimum atomic E-state index is -2.72. The van der Waals surface area contributed by atoms with Gasteiger partial charge in [0.1, 0.15) is 23.4 Å². The summed E-state index contributed by atoms with van der Waals surface area (Å²) >= 11 is 0. The summed E-state index contributed by atoms with van der Waals surface area (Å²) in [5, 5.41) is 19.9. The minimum absolute atomic E-state index is 0.185. The minimum Gasteiger partial charge on any atom is -0.308 e. The maximum atomic E-state index is 12.8. The molecule has 9 heteroatoms. The molecule has 1 atom stereocenters. The highest BCUT2D eigenvalue weighted by Gasteiger charge is 2.23. The Morgan fingerprint density at radius 2 is 2.00 bits per heavy atom. The van der Waals surface area contributed by atoms with Crippen molar-refractivity contribution in [3.63, 3.8) is 0 Å². The molecule has 1 amide bonds. The summed E-state index contributed by atoms with van der Waals surface area (Å²) in [6.45, 7) is 3.14. The van der Waals surface area contributed by atoms with E-state index in [9.17, 15) is 18.8 Å². The number of aromatic nitrogens is 4. The van der Waals surface area contributed by atoms with Crippen LogP contribution in [-0.4, -0.2) is 25.5 Å². The fraction of sp³-hybridized carbons (Fsp3) is 0.222. The van der Waals surface area contributed by atoms with E-state index in [2.05, 4.69) is 15.5 Å². The Hall–Kier alpha value is -3.54. The number of aryl methyl sites for hydroxylation is 1. The summed E-state index contributed by atoms with van der Waals surface area (Å²) in [5.41, 5.74) is 0.895. The molecular formula is C18H16F2N6O. The lowest BCUT2D eigenvalue weighted by atomic mass is 10.2. The van der Waals surface area contributed by atoms with Crippen LogP contribution >= 0.6 is 0 Å². The number of benzene rings is 1. The van der Waals surface area contributed by atoms with E-state index in [1.807, 2.05) is 12.1 Å². The molecule has 0 aliphatic carbocycles. The van der Waals surface area contributed by atoms with Crippen molar-refractivity contribution >= 4 is 11.7 Å². The molecular weight excluding hydrogens is 354 g/mol. The van der Waals surface area contributed by atoms with Crippen molar-refractivity contribution in [2.24, 2.45) is 0 Å². The van der Waals surface area contributed by atoms with Crippen LogP contribution in [0.4, 0.5) is 14.6 Å². The first-order chi connectivity index (χ1) is 12.9. The fourth-order valence-corrected chi connectivity index (χ4v) is 2.66. The second kappa shape index (κ2) is 7.37. The largest absolute Gasteiger partial charge is 0.308 e. The Morgan fingerprint density at radius 1 is 1.30 bits per heavy atom. The van der Waals surface area contributed by atoms with Crippen molar-refractivity contribution in [2.45, 2.75) is 26.3 Å². The highest BCUT2D eigenvalue weighted by Crippen LogP contribution is 2.23. The second-order valence-electron chi connectivity index (χ2n) is 5.89. The summed E-state index contributed by atoms with van der Waals surface area (Å²) in [6.07, 6.45) is -1.37. The summed E-state index contributed by atoms with van der Waals surface area (Å²) in [5.74, 6) is -0.296. The van der Waals surface area contributed by atoms with Gasteiger partial charge in [-0.05, 0) is 32.0 Å². The Morgan fingerprint density at radius 3 is 2.59 bits per heavy atom. The van der Waals surface area contributed by atoms with Crippen LogP contribution in [0, 0.1) is 18.3 Å². The van der Waals surface area contributed by atoms with Gasteiger partial charge in [0.25, 0.3) is 6.43 Å². The molecule has 0 saturated heterocycles. The predicted octanol–water partition coefficient (Wildman–Crippen LogP) is 3.39. The molecule has 2 aromatic heterocycles. The van der Waals surface area contributed by atoms with Crippen LogP contribution in [0.2, 0.25) is 0 Å². The summed E-state index contributed by atoms with van der Waals surface area (Å²) < 4.78 is 28.4. The lowest BCUT2D eigenvalue weighted by Gasteiger charge is -2.15. The number of hydrogen-bond donors (Lipinski definition) is 1. The SMILES string of the molecule is Cc1cc(C(F)F)nn1C(C)C(=O)Nc1c(C#N)cnn1-c1ccccc1. The molecule has 3 rings (SSSR count). The van der Waals surface area contributed by atoms with Crippen LogP contribution in [-0.2, 0) is 4.79 Å². The number of halogens is 2. The third-order valence-corrected chi connectivity index (χ3v) is 4.04. The lowest BCUT2D eigenvalue weighted by Crippen LogP contribution is -2.26. The van der Waals surface area contributed by atoms with Gasteiger partial charge >= 0.3 is 0 Å². The number of amides is 1. The molecule has 0 saturated carbocycles. The maximum absolute atomic E-state index is 12.8. The van der Waals surface area contributed by atoms with Gasteiger partial charge in [-0.25, -0.2) is 13.5 Å². The summed E-state index contributed by atoms with van der Waals surface area (Å²) in [6, 6.07) is 11.4. The molecule has 138 valence electrons. The zero-order valence-electron chi connectivity index (χ0n) is 14.6. The van der Waals surface area contributed by atoms with Gasteiger partial charge in [-0.1, -0.05) is 18.2 Å². The van der Waals surface area contributed by atoms with Gasteiger partial charge in [0, 0.05) is 5.69 Å². The van der Waals surface area contributed by atoms with Gasteiger partial charge in [-0.15, -0.1) is 0 Å². The maximum Gasteiger partial charge on any atom is 0.282 e. The van der Waals surface area contributed by atoms with Gasteiger partial charge < -0.3 is 5.32 Å². The van der Waals surface area contributed by atoms with Crippen LogP contribution < -0.4 is 5.32 Å². The molecule has 0 bridgehead atoms. The van der Waals surface area contributed by atoms with Crippen molar-refractivity contribution in [1.82, 2.24) is 19.6 Å². The van der Waals surface area contributed by atoms with Crippen LogP contribution in [0.1, 0.15) is 36.3 Å². The molecule has 0 radical (unpaired) electrons. The Kier molecular flexibility index (Phi) is 4.98. The first-order valence-electron chi connectivity index (χ1n) is 8.11. The smallest absolute Gasteiger partial charge is 0.282 e. The normalized spacial score (nSPS) is 12.0. The lowest BCUT2D eigenvalue weighted by molar-refractivity contribution is -0.119. The van der Waals surface area contributed by atoms with E-state index in [4.69, 9.17) is 0 Å². The van der Waals surface area contributed by atoms with Crippen LogP contribution in [0.25, 0.3) is 5.69 Å². The predicted molar refractivity (Wildman–Crippen MR) is 93.5 cm³/mol. The molecule has 27 heavy (non-hydrogen) atoms. The summed E-state index contributed by atoms with van der Waals surface area (Å²) in [7, 11) is 0.